The van der Waals surface area contributed by atoms with Crippen LogP contribution in [0.25, 0.3) is 0 Å². The first-order chi connectivity index (χ1) is 16.6. The van der Waals surface area contributed by atoms with Gasteiger partial charge in [0.05, 0.1) is 5.71 Å². The van der Waals surface area contributed by atoms with Crippen LogP contribution in [0, 0.1) is 11.6 Å². The zero-order chi connectivity index (χ0) is 23.8. The number of piperidine rings is 1. The van der Waals surface area contributed by atoms with Crippen LogP contribution in [0.3, 0.4) is 0 Å². The van der Waals surface area contributed by atoms with Crippen LogP contribution in [0.1, 0.15) is 48.3 Å². The number of pyridine rings is 1. The number of carbonyl (C=O) groups excluding carboxylic acids is 1. The standard InChI is InChI=1S/C27H27F2N3O2/c28-23-5-1-21(2-6-23)26(22-3-7-24(29)8-4-22)9-10-27(33)32-17-13-25(14-18-32)31-34-19-20-11-15-30-16-12-20/h1-8,11-12,15-16,26H,9-10,13-14,17-19H2. The molecule has 0 atom stereocenters. The smallest absolute Gasteiger partial charge is 0.222 e. The van der Waals surface area contributed by atoms with E-state index < -0.39 is 0 Å². The van der Waals surface area contributed by atoms with Gasteiger partial charge in [0, 0.05) is 50.7 Å². The van der Waals surface area contributed by atoms with Gasteiger partial charge in [0.15, 0.2) is 0 Å². The van der Waals surface area contributed by atoms with Crippen molar-refractivity contribution in [3.8, 4) is 0 Å². The van der Waals surface area contributed by atoms with E-state index in [1.165, 1.54) is 24.3 Å². The molecule has 4 rings (SSSR count). The summed E-state index contributed by atoms with van der Waals surface area (Å²) in [6, 6.07) is 16.3. The predicted octanol–water partition coefficient (Wildman–Crippen LogP) is 5.47. The number of aromatic nitrogens is 1. The first-order valence-corrected chi connectivity index (χ1v) is 11.4. The Hall–Kier alpha value is -3.61. The fraction of sp³-hybridized carbons (Fsp3) is 0.296. The van der Waals surface area contributed by atoms with Crippen LogP contribution >= 0.6 is 0 Å². The molecule has 0 N–H and O–H groups in total. The highest BCUT2D eigenvalue weighted by Crippen LogP contribution is 2.30. The highest BCUT2D eigenvalue weighted by atomic mass is 19.1. The molecule has 1 aliphatic rings. The summed E-state index contributed by atoms with van der Waals surface area (Å²) in [5.41, 5.74) is 3.76. The van der Waals surface area contributed by atoms with Crippen molar-refractivity contribution in [1.29, 1.82) is 0 Å². The van der Waals surface area contributed by atoms with Crippen LogP contribution in [0.2, 0.25) is 0 Å². The Kier molecular flexibility index (Phi) is 7.96. The number of likely N-dealkylation sites (tertiary alicyclic amines) is 1. The average Bonchev–Trinajstić information content (AvgIpc) is 2.87. The van der Waals surface area contributed by atoms with Gasteiger partial charge in [0.2, 0.25) is 5.91 Å². The van der Waals surface area contributed by atoms with Gasteiger partial charge in [-0.3, -0.25) is 9.78 Å². The minimum atomic E-state index is -0.312. The molecule has 1 fully saturated rings. The lowest BCUT2D eigenvalue weighted by molar-refractivity contribution is -0.131. The maximum absolute atomic E-state index is 13.4. The largest absolute Gasteiger partial charge is 0.391 e. The quantitative estimate of drug-likeness (QED) is 0.417. The molecule has 0 spiro atoms. The highest BCUT2D eigenvalue weighted by molar-refractivity contribution is 5.87. The molecule has 5 nitrogen and oxygen atoms in total. The van der Waals surface area contributed by atoms with E-state index in [2.05, 4.69) is 10.1 Å². The number of oxime groups is 1. The van der Waals surface area contributed by atoms with Crippen molar-refractivity contribution in [3.05, 3.63) is 101 Å². The van der Waals surface area contributed by atoms with Gasteiger partial charge in [-0.2, -0.15) is 0 Å². The van der Waals surface area contributed by atoms with E-state index >= 15 is 0 Å². The van der Waals surface area contributed by atoms with E-state index in [4.69, 9.17) is 4.84 Å². The average molecular weight is 464 g/mol. The van der Waals surface area contributed by atoms with Crippen molar-refractivity contribution in [2.45, 2.75) is 38.2 Å². The molecule has 1 saturated heterocycles. The maximum Gasteiger partial charge on any atom is 0.222 e. The first kappa shape index (κ1) is 23.5. The SMILES string of the molecule is O=C(CCC(c1ccc(F)cc1)c1ccc(F)cc1)N1CCC(=NOCc2ccncc2)CC1. The van der Waals surface area contributed by atoms with Crippen LogP contribution < -0.4 is 0 Å². The van der Waals surface area contributed by atoms with E-state index in [-0.39, 0.29) is 23.5 Å². The van der Waals surface area contributed by atoms with Gasteiger partial charge in [0.1, 0.15) is 18.2 Å². The molecular weight excluding hydrogens is 436 g/mol. The molecule has 0 aliphatic carbocycles. The second kappa shape index (κ2) is 11.5. The van der Waals surface area contributed by atoms with Gasteiger partial charge in [-0.25, -0.2) is 8.78 Å². The molecule has 1 amide bonds. The van der Waals surface area contributed by atoms with Crippen molar-refractivity contribution in [2.75, 3.05) is 13.1 Å². The van der Waals surface area contributed by atoms with Crippen molar-refractivity contribution in [1.82, 2.24) is 9.88 Å². The zero-order valence-corrected chi connectivity index (χ0v) is 18.9. The summed E-state index contributed by atoms with van der Waals surface area (Å²) < 4.78 is 26.9. The van der Waals surface area contributed by atoms with Gasteiger partial charge >= 0.3 is 0 Å². The second-order valence-electron chi connectivity index (χ2n) is 8.36. The second-order valence-corrected chi connectivity index (χ2v) is 8.36. The van der Waals surface area contributed by atoms with E-state index in [0.29, 0.717) is 45.4 Å². The summed E-state index contributed by atoms with van der Waals surface area (Å²) in [4.78, 5) is 24.2. The third-order valence-electron chi connectivity index (χ3n) is 6.06. The van der Waals surface area contributed by atoms with E-state index in [0.717, 1.165) is 22.4 Å². The van der Waals surface area contributed by atoms with Gasteiger partial charge in [-0.05, 0) is 59.5 Å². The number of benzene rings is 2. The number of amides is 1. The fourth-order valence-electron chi connectivity index (χ4n) is 4.12. The van der Waals surface area contributed by atoms with E-state index in [9.17, 15) is 13.6 Å². The van der Waals surface area contributed by atoms with Gasteiger partial charge in [-0.1, -0.05) is 29.4 Å². The molecule has 0 radical (unpaired) electrons. The predicted molar refractivity (Wildman–Crippen MR) is 126 cm³/mol. The Balaban J connectivity index is 1.31. The van der Waals surface area contributed by atoms with Crippen LogP contribution in [-0.2, 0) is 16.2 Å². The molecule has 2 heterocycles. The number of hydrogen-bond acceptors (Lipinski definition) is 4. The molecular formula is C27H27F2N3O2. The Morgan fingerprint density at radius 1 is 0.912 bits per heavy atom. The molecule has 3 aromatic rings. The molecule has 7 heteroatoms. The summed E-state index contributed by atoms with van der Waals surface area (Å²) in [6.07, 6.45) is 5.70. The molecule has 0 saturated carbocycles. The first-order valence-electron chi connectivity index (χ1n) is 11.4. The lowest BCUT2D eigenvalue weighted by Crippen LogP contribution is -2.38. The minimum absolute atomic E-state index is 0.0750. The van der Waals surface area contributed by atoms with E-state index in [1.54, 1.807) is 36.7 Å². The molecule has 34 heavy (non-hydrogen) atoms. The monoisotopic (exact) mass is 463 g/mol. The summed E-state index contributed by atoms with van der Waals surface area (Å²) in [5, 5.41) is 4.24. The van der Waals surface area contributed by atoms with E-state index in [1.807, 2.05) is 17.0 Å². The minimum Gasteiger partial charge on any atom is -0.391 e. The van der Waals surface area contributed by atoms with Crippen molar-refractivity contribution in [3.63, 3.8) is 0 Å². The topological polar surface area (TPSA) is 54.8 Å². The van der Waals surface area contributed by atoms with Crippen molar-refractivity contribution < 1.29 is 18.4 Å². The molecule has 0 bridgehead atoms. The number of nitrogens with zero attached hydrogens (tertiary/aromatic N) is 3. The summed E-state index contributed by atoms with van der Waals surface area (Å²) in [7, 11) is 0. The van der Waals surface area contributed by atoms with Crippen LogP contribution in [-0.4, -0.2) is 34.6 Å². The van der Waals surface area contributed by atoms with Crippen molar-refractivity contribution >= 4 is 11.6 Å². The van der Waals surface area contributed by atoms with Crippen LogP contribution in [0.4, 0.5) is 8.78 Å². The molecule has 176 valence electrons. The number of hydrogen-bond donors (Lipinski definition) is 0. The lowest BCUT2D eigenvalue weighted by Gasteiger charge is -2.28. The highest BCUT2D eigenvalue weighted by Gasteiger charge is 2.22. The molecule has 0 unspecified atom stereocenters. The Bertz CT molecular complexity index is 1050. The molecule has 1 aromatic heterocycles. The Labute approximate surface area is 198 Å². The van der Waals surface area contributed by atoms with Crippen LogP contribution in [0.15, 0.2) is 78.2 Å². The third kappa shape index (κ3) is 6.47. The number of rotatable bonds is 8. The number of carbonyl (C=O) groups is 1. The van der Waals surface area contributed by atoms with Crippen molar-refractivity contribution in [2.24, 2.45) is 5.16 Å². The summed E-state index contributed by atoms with van der Waals surface area (Å²) in [6.45, 7) is 1.60. The lowest BCUT2D eigenvalue weighted by atomic mass is 9.87. The fourth-order valence-corrected chi connectivity index (χ4v) is 4.12. The summed E-state index contributed by atoms with van der Waals surface area (Å²) in [5.74, 6) is -0.666. The van der Waals surface area contributed by atoms with Gasteiger partial charge < -0.3 is 9.74 Å². The van der Waals surface area contributed by atoms with Gasteiger partial charge in [-0.15, -0.1) is 0 Å². The third-order valence-corrected chi connectivity index (χ3v) is 6.06. The van der Waals surface area contributed by atoms with Crippen LogP contribution in [0.5, 0.6) is 0 Å². The normalized spacial score (nSPS) is 13.7. The Morgan fingerprint density at radius 3 is 2.03 bits per heavy atom. The zero-order valence-electron chi connectivity index (χ0n) is 18.9. The summed E-state index contributed by atoms with van der Waals surface area (Å²) >= 11 is 0. The maximum atomic E-state index is 13.4. The molecule has 1 aliphatic heterocycles. The van der Waals surface area contributed by atoms with Gasteiger partial charge in [0.25, 0.3) is 0 Å². The Morgan fingerprint density at radius 2 is 1.47 bits per heavy atom. The number of halogens is 2. The molecule has 2 aromatic carbocycles.